The highest BCUT2D eigenvalue weighted by molar-refractivity contribution is 6.20. The van der Waals surface area contributed by atoms with Crippen molar-refractivity contribution in [1.82, 2.24) is 9.88 Å². The van der Waals surface area contributed by atoms with Gasteiger partial charge in [-0.25, -0.2) is 0 Å². The Balaban J connectivity index is 1.60. The van der Waals surface area contributed by atoms with Crippen molar-refractivity contribution >= 4 is 22.9 Å². The monoisotopic (exact) mass is 387 g/mol. The first-order valence-electron chi connectivity index (χ1n) is 10.1. The van der Waals surface area contributed by atoms with Crippen molar-refractivity contribution < 1.29 is 9.53 Å². The third-order valence-electron chi connectivity index (χ3n) is 6.35. The lowest BCUT2D eigenvalue weighted by atomic mass is 9.71. The molecule has 2 aromatic carbocycles. The van der Waals surface area contributed by atoms with Crippen LogP contribution in [-0.4, -0.2) is 48.2 Å². The van der Waals surface area contributed by atoms with Gasteiger partial charge in [0, 0.05) is 53.4 Å². The van der Waals surface area contributed by atoms with Gasteiger partial charge in [-0.15, -0.1) is 0 Å². The van der Waals surface area contributed by atoms with E-state index < -0.39 is 0 Å². The Kier molecular flexibility index (Phi) is 4.19. The molecule has 1 aliphatic carbocycles. The number of aromatic nitrogens is 1. The van der Waals surface area contributed by atoms with Gasteiger partial charge in [0.15, 0.2) is 5.78 Å². The first kappa shape index (κ1) is 18.3. The van der Waals surface area contributed by atoms with Crippen LogP contribution in [0.3, 0.4) is 0 Å². The van der Waals surface area contributed by atoms with E-state index >= 15 is 0 Å². The molecule has 0 bridgehead atoms. The zero-order valence-electron chi connectivity index (χ0n) is 16.8. The number of nitrogens with zero attached hydrogens (tertiary/aromatic N) is 1. The normalized spacial score (nSPS) is 18.5. The molecule has 2 aliphatic rings. The molecule has 0 unspecified atom stereocenters. The number of morpholine rings is 1. The van der Waals surface area contributed by atoms with Crippen LogP contribution in [0.1, 0.15) is 52.2 Å². The zero-order valence-corrected chi connectivity index (χ0v) is 16.8. The average Bonchev–Trinajstić information content (AvgIpc) is 3.13. The van der Waals surface area contributed by atoms with E-state index in [4.69, 9.17) is 10.1 Å². The van der Waals surface area contributed by atoms with Gasteiger partial charge in [0.1, 0.15) is 0 Å². The summed E-state index contributed by atoms with van der Waals surface area (Å²) in [5.41, 5.74) is 6.29. The van der Waals surface area contributed by atoms with Gasteiger partial charge in [-0.05, 0) is 22.8 Å². The van der Waals surface area contributed by atoms with Gasteiger partial charge in [0.2, 0.25) is 0 Å². The Bertz CT molecular complexity index is 1140. The summed E-state index contributed by atoms with van der Waals surface area (Å²) < 4.78 is 5.46. The van der Waals surface area contributed by atoms with E-state index in [1.165, 1.54) is 11.8 Å². The van der Waals surface area contributed by atoms with Crippen LogP contribution in [0.25, 0.3) is 10.9 Å². The van der Waals surface area contributed by atoms with Gasteiger partial charge in [0.25, 0.3) is 0 Å². The third-order valence-corrected chi connectivity index (χ3v) is 6.35. The highest BCUT2D eigenvalue weighted by Gasteiger charge is 2.39. The van der Waals surface area contributed by atoms with Gasteiger partial charge < -0.3 is 15.1 Å². The van der Waals surface area contributed by atoms with Gasteiger partial charge in [-0.2, -0.15) is 0 Å². The van der Waals surface area contributed by atoms with Crippen LogP contribution in [0.2, 0.25) is 0 Å². The summed E-state index contributed by atoms with van der Waals surface area (Å²) in [5, 5.41) is 8.45. The largest absolute Gasteiger partial charge is 0.379 e. The van der Waals surface area contributed by atoms with Crippen molar-refractivity contribution in [1.29, 1.82) is 5.41 Å². The lowest BCUT2D eigenvalue weighted by molar-refractivity contribution is 0.0342. The van der Waals surface area contributed by atoms with Crippen LogP contribution in [-0.2, 0) is 16.7 Å². The highest BCUT2D eigenvalue weighted by atomic mass is 16.5. The lowest BCUT2D eigenvalue weighted by Gasteiger charge is -2.33. The Morgan fingerprint density at radius 3 is 2.72 bits per heavy atom. The predicted octanol–water partition coefficient (Wildman–Crippen LogP) is 3.87. The van der Waals surface area contributed by atoms with E-state index in [9.17, 15) is 4.79 Å². The fourth-order valence-electron chi connectivity index (χ4n) is 4.70. The van der Waals surface area contributed by atoms with Crippen molar-refractivity contribution in [3.8, 4) is 0 Å². The predicted molar refractivity (Wildman–Crippen MR) is 114 cm³/mol. The van der Waals surface area contributed by atoms with Crippen molar-refractivity contribution in [3.63, 3.8) is 0 Å². The molecule has 1 fully saturated rings. The molecule has 3 aromatic rings. The second kappa shape index (κ2) is 6.65. The summed E-state index contributed by atoms with van der Waals surface area (Å²) in [7, 11) is 0. The van der Waals surface area contributed by atoms with Gasteiger partial charge in [-0.3, -0.25) is 9.69 Å². The smallest absolute Gasteiger partial charge is 0.195 e. The van der Waals surface area contributed by atoms with Crippen LogP contribution >= 0.6 is 0 Å². The molecule has 2 heterocycles. The number of ether oxygens (including phenoxy) is 1. The molecule has 0 atom stereocenters. The molecular formula is C24H25N3O2. The summed E-state index contributed by atoms with van der Waals surface area (Å²) in [6.45, 7) is 8.70. The zero-order chi connectivity index (χ0) is 20.2. The SMILES string of the molecule is CC1(C)c2cc(CN3CCOCC3)ccc2C(=O)c2c1[nH]c1cc(C=N)ccc21. The molecule has 5 heteroatoms. The minimum atomic E-state index is -0.302. The number of carbonyl (C=O) groups is 1. The maximum absolute atomic E-state index is 13.4. The number of fused-ring (bicyclic) bond motifs is 4. The van der Waals surface area contributed by atoms with Crippen molar-refractivity contribution in [3.05, 3.63) is 69.9 Å². The van der Waals surface area contributed by atoms with E-state index in [2.05, 4.69) is 35.9 Å². The van der Waals surface area contributed by atoms with E-state index in [-0.39, 0.29) is 11.2 Å². The van der Waals surface area contributed by atoms with E-state index in [0.29, 0.717) is 0 Å². The van der Waals surface area contributed by atoms with E-state index in [0.717, 1.165) is 71.7 Å². The fraction of sp³-hybridized carbons (Fsp3) is 0.333. The number of hydrogen-bond donors (Lipinski definition) is 2. The first-order chi connectivity index (χ1) is 14.0. The summed E-state index contributed by atoms with van der Waals surface area (Å²) in [6.07, 6.45) is 1.33. The quantitative estimate of drug-likeness (QED) is 0.671. The second-order valence-corrected chi connectivity index (χ2v) is 8.55. The van der Waals surface area contributed by atoms with Crippen LogP contribution in [0, 0.1) is 5.41 Å². The van der Waals surface area contributed by atoms with Crippen LogP contribution in [0.4, 0.5) is 0 Å². The van der Waals surface area contributed by atoms with Gasteiger partial charge >= 0.3 is 0 Å². The van der Waals surface area contributed by atoms with Crippen LogP contribution in [0.5, 0.6) is 0 Å². The maximum Gasteiger partial charge on any atom is 0.195 e. The molecule has 2 N–H and O–H groups in total. The Labute approximate surface area is 170 Å². The topological polar surface area (TPSA) is 69.2 Å². The molecule has 0 spiro atoms. The van der Waals surface area contributed by atoms with E-state index in [1.54, 1.807) is 0 Å². The molecule has 1 aliphatic heterocycles. The number of aromatic amines is 1. The van der Waals surface area contributed by atoms with Gasteiger partial charge in [-0.1, -0.05) is 44.2 Å². The highest BCUT2D eigenvalue weighted by Crippen LogP contribution is 2.44. The van der Waals surface area contributed by atoms with Crippen molar-refractivity contribution in [2.45, 2.75) is 25.8 Å². The molecule has 148 valence electrons. The molecule has 5 nitrogen and oxygen atoms in total. The Hall–Kier alpha value is -2.76. The average molecular weight is 387 g/mol. The van der Waals surface area contributed by atoms with Gasteiger partial charge in [0.05, 0.1) is 18.8 Å². The summed E-state index contributed by atoms with van der Waals surface area (Å²) in [6, 6.07) is 12.1. The van der Waals surface area contributed by atoms with Crippen molar-refractivity contribution in [2.24, 2.45) is 0 Å². The number of ketones is 1. The number of benzene rings is 2. The second-order valence-electron chi connectivity index (χ2n) is 8.55. The number of rotatable bonds is 3. The first-order valence-corrected chi connectivity index (χ1v) is 10.1. The molecule has 0 radical (unpaired) electrons. The minimum absolute atomic E-state index is 0.0844. The minimum Gasteiger partial charge on any atom is -0.379 e. The lowest BCUT2D eigenvalue weighted by Crippen LogP contribution is -2.36. The molecule has 5 rings (SSSR count). The number of hydrogen-bond acceptors (Lipinski definition) is 4. The molecule has 1 saturated heterocycles. The maximum atomic E-state index is 13.4. The third kappa shape index (κ3) is 2.84. The molecule has 0 amide bonds. The number of H-pyrrole nitrogens is 1. The van der Waals surface area contributed by atoms with Crippen LogP contribution < -0.4 is 0 Å². The standard InChI is InChI=1S/C24H25N3O2/c1-24(2)19-11-16(14-27-7-9-29-10-8-27)4-5-17(19)22(28)21-18-6-3-15(13-25)12-20(18)26-23(21)24/h3-6,11-13,25-26H,7-10,14H2,1-2H3. The van der Waals surface area contributed by atoms with Crippen LogP contribution in [0.15, 0.2) is 36.4 Å². The summed E-state index contributed by atoms with van der Waals surface area (Å²) in [5.74, 6) is 0.0844. The molecule has 1 aromatic heterocycles. The molecular weight excluding hydrogens is 362 g/mol. The Morgan fingerprint density at radius 1 is 1.17 bits per heavy atom. The number of nitrogens with one attached hydrogen (secondary N) is 2. The molecule has 29 heavy (non-hydrogen) atoms. The Morgan fingerprint density at radius 2 is 1.97 bits per heavy atom. The fourth-order valence-corrected chi connectivity index (χ4v) is 4.70. The van der Waals surface area contributed by atoms with E-state index in [1.807, 2.05) is 24.3 Å². The molecule has 0 saturated carbocycles. The summed E-state index contributed by atoms with van der Waals surface area (Å²) in [4.78, 5) is 19.3. The summed E-state index contributed by atoms with van der Waals surface area (Å²) >= 11 is 0. The number of carbonyl (C=O) groups excluding carboxylic acids is 1. The van der Waals surface area contributed by atoms with Crippen molar-refractivity contribution in [2.75, 3.05) is 26.3 Å².